The predicted octanol–water partition coefficient (Wildman–Crippen LogP) is 2.56. The molecular weight excluding hydrogens is 315 g/mol. The van der Waals surface area contributed by atoms with Gasteiger partial charge >= 0.3 is 6.18 Å². The molecule has 8 heteroatoms. The molecule has 4 nitrogen and oxygen atoms in total. The normalized spacial score (nSPS) is 19.5. The van der Waals surface area contributed by atoms with Crippen molar-refractivity contribution in [1.29, 1.82) is 0 Å². The fraction of sp³-hybridized carbons (Fsp3) is 0.714. The van der Waals surface area contributed by atoms with E-state index in [1.165, 1.54) is 0 Å². The Bertz CT molecular complexity index is 504. The highest BCUT2D eigenvalue weighted by Crippen LogP contribution is 2.29. The quantitative estimate of drug-likeness (QED) is 0.899. The van der Waals surface area contributed by atoms with Gasteiger partial charge in [0.05, 0.1) is 23.8 Å². The van der Waals surface area contributed by atoms with Gasteiger partial charge < -0.3 is 10.2 Å². The number of carbonyl (C=O) groups is 1. The van der Waals surface area contributed by atoms with E-state index in [-0.39, 0.29) is 18.4 Å². The number of piperidine rings is 1. The standard InChI is InChI=1S/C14H20F3N3OS/c1-2-11-8-22-13(19-11)10-4-3-5-20(7-10)12(21)6-18-9-14(15,16)17/h8,10,18H,2-7,9H2,1H3. The topological polar surface area (TPSA) is 45.2 Å². The molecule has 1 aromatic heterocycles. The summed E-state index contributed by atoms with van der Waals surface area (Å²) in [5.74, 6) is -0.0770. The second kappa shape index (κ2) is 7.41. The maximum absolute atomic E-state index is 12.1. The molecule has 1 N–H and O–H groups in total. The van der Waals surface area contributed by atoms with Crippen LogP contribution in [0, 0.1) is 0 Å². The van der Waals surface area contributed by atoms with Crippen LogP contribution < -0.4 is 5.32 Å². The number of nitrogens with zero attached hydrogens (tertiary/aromatic N) is 2. The van der Waals surface area contributed by atoms with Crippen LogP contribution in [0.3, 0.4) is 0 Å². The lowest BCUT2D eigenvalue weighted by Gasteiger charge is -2.32. The van der Waals surface area contributed by atoms with Gasteiger partial charge in [0.2, 0.25) is 5.91 Å². The third-order valence-electron chi connectivity index (χ3n) is 3.66. The molecule has 0 saturated carbocycles. The summed E-state index contributed by atoms with van der Waals surface area (Å²) in [5, 5.41) is 5.22. The van der Waals surface area contributed by atoms with Crippen molar-refractivity contribution in [3.63, 3.8) is 0 Å². The first-order valence-corrected chi connectivity index (χ1v) is 8.26. The summed E-state index contributed by atoms with van der Waals surface area (Å²) in [5.41, 5.74) is 1.05. The van der Waals surface area contributed by atoms with Gasteiger partial charge in [-0.25, -0.2) is 4.98 Å². The van der Waals surface area contributed by atoms with Crippen molar-refractivity contribution in [2.24, 2.45) is 0 Å². The van der Waals surface area contributed by atoms with Crippen LogP contribution >= 0.6 is 11.3 Å². The lowest BCUT2D eigenvalue weighted by Crippen LogP contribution is -2.44. The maximum Gasteiger partial charge on any atom is 0.401 e. The van der Waals surface area contributed by atoms with Gasteiger partial charge in [-0.15, -0.1) is 11.3 Å². The van der Waals surface area contributed by atoms with Gasteiger partial charge in [0.1, 0.15) is 0 Å². The fourth-order valence-corrected chi connectivity index (χ4v) is 3.53. The second-order valence-electron chi connectivity index (χ2n) is 5.43. The Kier molecular flexibility index (Phi) is 5.80. The number of rotatable bonds is 5. The van der Waals surface area contributed by atoms with Gasteiger partial charge in [-0.3, -0.25) is 4.79 Å². The molecule has 1 aliphatic heterocycles. The van der Waals surface area contributed by atoms with Gasteiger partial charge in [0.25, 0.3) is 0 Å². The minimum Gasteiger partial charge on any atom is -0.341 e. The van der Waals surface area contributed by atoms with Gasteiger partial charge in [-0.1, -0.05) is 6.92 Å². The number of nitrogens with one attached hydrogen (secondary N) is 1. The molecule has 0 aromatic carbocycles. The molecule has 1 saturated heterocycles. The van der Waals surface area contributed by atoms with E-state index in [0.717, 1.165) is 30.0 Å². The third-order valence-corrected chi connectivity index (χ3v) is 4.71. The zero-order chi connectivity index (χ0) is 16.2. The Labute approximate surface area is 131 Å². The molecule has 1 aliphatic rings. The number of hydrogen-bond acceptors (Lipinski definition) is 4. The zero-order valence-corrected chi connectivity index (χ0v) is 13.3. The number of aromatic nitrogens is 1. The van der Waals surface area contributed by atoms with E-state index in [1.807, 2.05) is 12.3 Å². The first kappa shape index (κ1) is 17.2. The monoisotopic (exact) mass is 335 g/mol. The van der Waals surface area contributed by atoms with Crippen LogP contribution in [0.15, 0.2) is 5.38 Å². The molecule has 1 amide bonds. The number of hydrogen-bond donors (Lipinski definition) is 1. The minimum atomic E-state index is -4.29. The van der Waals surface area contributed by atoms with E-state index < -0.39 is 12.7 Å². The second-order valence-corrected chi connectivity index (χ2v) is 6.32. The highest BCUT2D eigenvalue weighted by molar-refractivity contribution is 7.09. The van der Waals surface area contributed by atoms with Crippen LogP contribution in [0.4, 0.5) is 13.2 Å². The van der Waals surface area contributed by atoms with Gasteiger partial charge in [-0.05, 0) is 19.3 Å². The number of thiazole rings is 1. The summed E-state index contributed by atoms with van der Waals surface area (Å²) in [4.78, 5) is 18.2. The Morgan fingerprint density at radius 2 is 2.32 bits per heavy atom. The first-order valence-electron chi connectivity index (χ1n) is 7.38. The average Bonchev–Trinajstić information content (AvgIpc) is 2.95. The zero-order valence-electron chi connectivity index (χ0n) is 12.4. The van der Waals surface area contributed by atoms with Gasteiger partial charge in [0, 0.05) is 24.4 Å². The number of likely N-dealkylation sites (tertiary alicyclic amines) is 1. The number of aryl methyl sites for hydroxylation is 1. The van der Waals surface area contributed by atoms with Crippen molar-refractivity contribution in [3.05, 3.63) is 16.1 Å². The summed E-state index contributed by atoms with van der Waals surface area (Å²) in [6.45, 7) is 1.78. The summed E-state index contributed by atoms with van der Waals surface area (Å²) in [6.07, 6.45) is -1.58. The van der Waals surface area contributed by atoms with Crippen molar-refractivity contribution in [2.45, 2.75) is 38.3 Å². The van der Waals surface area contributed by atoms with Crippen LogP contribution in [-0.4, -0.2) is 48.1 Å². The summed E-state index contributed by atoms with van der Waals surface area (Å²) >= 11 is 1.60. The molecule has 1 fully saturated rings. The van der Waals surface area contributed by atoms with Crippen molar-refractivity contribution in [1.82, 2.24) is 15.2 Å². The Hall–Kier alpha value is -1.15. The highest BCUT2D eigenvalue weighted by atomic mass is 32.1. The van der Waals surface area contributed by atoms with Crippen LogP contribution in [0.2, 0.25) is 0 Å². The molecule has 0 bridgehead atoms. The van der Waals surface area contributed by atoms with E-state index in [0.29, 0.717) is 13.1 Å². The highest BCUT2D eigenvalue weighted by Gasteiger charge is 2.29. The molecular formula is C14H20F3N3OS. The van der Waals surface area contributed by atoms with Crippen LogP contribution in [0.1, 0.15) is 36.4 Å². The summed E-state index contributed by atoms with van der Waals surface area (Å²) in [7, 11) is 0. The van der Waals surface area contributed by atoms with E-state index in [4.69, 9.17) is 0 Å². The molecule has 22 heavy (non-hydrogen) atoms. The molecule has 1 aromatic rings. The lowest BCUT2D eigenvalue weighted by molar-refractivity contribution is -0.135. The first-order chi connectivity index (χ1) is 10.4. The third kappa shape index (κ3) is 4.95. The number of halogens is 3. The molecule has 0 aliphatic carbocycles. The summed E-state index contributed by atoms with van der Waals surface area (Å²) in [6, 6.07) is 0. The molecule has 2 rings (SSSR count). The molecule has 0 spiro atoms. The molecule has 1 atom stereocenters. The number of carbonyl (C=O) groups excluding carboxylic acids is 1. The van der Waals surface area contributed by atoms with Crippen molar-refractivity contribution < 1.29 is 18.0 Å². The van der Waals surface area contributed by atoms with Crippen molar-refractivity contribution >= 4 is 17.2 Å². The van der Waals surface area contributed by atoms with E-state index in [1.54, 1.807) is 16.2 Å². The predicted molar refractivity (Wildman–Crippen MR) is 79.0 cm³/mol. The SMILES string of the molecule is CCc1csc(C2CCCN(C(=O)CNCC(F)(F)F)C2)n1. The largest absolute Gasteiger partial charge is 0.401 e. The molecule has 1 unspecified atom stereocenters. The minimum absolute atomic E-state index is 0.200. The van der Waals surface area contributed by atoms with Crippen LogP contribution in [-0.2, 0) is 11.2 Å². The van der Waals surface area contributed by atoms with Crippen LogP contribution in [0.25, 0.3) is 0 Å². The van der Waals surface area contributed by atoms with E-state index in [9.17, 15) is 18.0 Å². The Balaban J connectivity index is 1.85. The van der Waals surface area contributed by atoms with Crippen molar-refractivity contribution in [2.75, 3.05) is 26.2 Å². The van der Waals surface area contributed by atoms with Gasteiger partial charge in [-0.2, -0.15) is 13.2 Å². The smallest absolute Gasteiger partial charge is 0.341 e. The molecule has 0 radical (unpaired) electrons. The molecule has 2 heterocycles. The van der Waals surface area contributed by atoms with Crippen LogP contribution in [0.5, 0.6) is 0 Å². The average molecular weight is 335 g/mol. The fourth-order valence-electron chi connectivity index (χ4n) is 2.50. The lowest BCUT2D eigenvalue weighted by atomic mass is 9.98. The van der Waals surface area contributed by atoms with Gasteiger partial charge in [0.15, 0.2) is 0 Å². The van der Waals surface area contributed by atoms with Crippen molar-refractivity contribution in [3.8, 4) is 0 Å². The maximum atomic E-state index is 12.1. The van der Waals surface area contributed by atoms with E-state index >= 15 is 0 Å². The Morgan fingerprint density at radius 1 is 1.55 bits per heavy atom. The summed E-state index contributed by atoms with van der Waals surface area (Å²) < 4.78 is 36.2. The number of alkyl halides is 3. The molecule has 124 valence electrons. The van der Waals surface area contributed by atoms with E-state index in [2.05, 4.69) is 10.3 Å². The Morgan fingerprint density at radius 3 is 2.95 bits per heavy atom. The number of amides is 1.